The Morgan fingerprint density at radius 3 is 2.65 bits per heavy atom. The zero-order chi connectivity index (χ0) is 14.7. The minimum absolute atomic E-state index is 0.0877. The normalized spacial score (nSPS) is 10.3. The van der Waals surface area contributed by atoms with Gasteiger partial charge in [0, 0.05) is 22.3 Å². The highest BCUT2D eigenvalue weighted by Crippen LogP contribution is 2.21. The SMILES string of the molecule is Nc1cccc(F)c1C(=O)NCc1ccc(Cl)cc1Cl. The molecule has 0 saturated heterocycles. The maximum Gasteiger partial charge on any atom is 0.256 e. The molecule has 0 aliphatic rings. The molecule has 0 spiro atoms. The van der Waals surface area contributed by atoms with Crippen molar-refractivity contribution in [1.29, 1.82) is 0 Å². The molecule has 2 aromatic rings. The van der Waals surface area contributed by atoms with Crippen molar-refractivity contribution >= 4 is 34.8 Å². The lowest BCUT2D eigenvalue weighted by Crippen LogP contribution is -2.25. The van der Waals surface area contributed by atoms with E-state index in [1.807, 2.05) is 0 Å². The van der Waals surface area contributed by atoms with Crippen molar-refractivity contribution in [2.24, 2.45) is 0 Å². The molecule has 1 amide bonds. The van der Waals surface area contributed by atoms with Gasteiger partial charge in [0.25, 0.3) is 5.91 Å². The minimum atomic E-state index is -0.662. The Labute approximate surface area is 125 Å². The number of nitrogens with two attached hydrogens (primary N) is 1. The Morgan fingerprint density at radius 1 is 1.25 bits per heavy atom. The van der Waals surface area contributed by atoms with Crippen LogP contribution in [0.25, 0.3) is 0 Å². The summed E-state index contributed by atoms with van der Waals surface area (Å²) in [5.74, 6) is -1.25. The van der Waals surface area contributed by atoms with E-state index >= 15 is 0 Å². The third-order valence-electron chi connectivity index (χ3n) is 2.73. The van der Waals surface area contributed by atoms with Gasteiger partial charge in [0.15, 0.2) is 0 Å². The van der Waals surface area contributed by atoms with Crippen LogP contribution in [0.3, 0.4) is 0 Å². The van der Waals surface area contributed by atoms with Gasteiger partial charge in [0.05, 0.1) is 5.56 Å². The van der Waals surface area contributed by atoms with Gasteiger partial charge in [0.2, 0.25) is 0 Å². The summed E-state index contributed by atoms with van der Waals surface area (Å²) in [7, 11) is 0. The van der Waals surface area contributed by atoms with E-state index in [1.54, 1.807) is 18.2 Å². The fraction of sp³-hybridized carbons (Fsp3) is 0.0714. The fourth-order valence-electron chi connectivity index (χ4n) is 1.71. The van der Waals surface area contributed by atoms with Crippen molar-refractivity contribution in [3.05, 3.63) is 63.4 Å². The Balaban J connectivity index is 2.13. The molecule has 2 rings (SSSR count). The molecule has 0 atom stereocenters. The Kier molecular flexibility index (Phi) is 4.47. The first kappa shape index (κ1) is 14.6. The third-order valence-corrected chi connectivity index (χ3v) is 3.31. The molecule has 20 heavy (non-hydrogen) atoms. The molecule has 0 aliphatic heterocycles. The molecule has 3 N–H and O–H groups in total. The molecule has 0 fully saturated rings. The van der Waals surface area contributed by atoms with Crippen molar-refractivity contribution in [2.75, 3.05) is 5.73 Å². The van der Waals surface area contributed by atoms with E-state index in [-0.39, 0.29) is 17.8 Å². The van der Waals surface area contributed by atoms with Gasteiger partial charge in [-0.25, -0.2) is 4.39 Å². The second-order valence-electron chi connectivity index (χ2n) is 4.12. The lowest BCUT2D eigenvalue weighted by atomic mass is 10.1. The summed E-state index contributed by atoms with van der Waals surface area (Å²) in [5, 5.41) is 3.50. The van der Waals surface area contributed by atoms with Crippen LogP contribution >= 0.6 is 23.2 Å². The lowest BCUT2D eigenvalue weighted by Gasteiger charge is -2.09. The molecule has 6 heteroatoms. The van der Waals surface area contributed by atoms with Crippen molar-refractivity contribution in [3.63, 3.8) is 0 Å². The molecular formula is C14H11Cl2FN2O. The van der Waals surface area contributed by atoms with Crippen LogP contribution in [0.4, 0.5) is 10.1 Å². The first-order chi connectivity index (χ1) is 9.49. The van der Waals surface area contributed by atoms with Gasteiger partial charge >= 0.3 is 0 Å². The number of amides is 1. The minimum Gasteiger partial charge on any atom is -0.398 e. The van der Waals surface area contributed by atoms with E-state index in [2.05, 4.69) is 5.32 Å². The van der Waals surface area contributed by atoms with Gasteiger partial charge < -0.3 is 11.1 Å². The van der Waals surface area contributed by atoms with Crippen molar-refractivity contribution in [2.45, 2.75) is 6.54 Å². The van der Waals surface area contributed by atoms with Crippen LogP contribution in [-0.4, -0.2) is 5.91 Å². The molecule has 0 unspecified atom stereocenters. The monoisotopic (exact) mass is 312 g/mol. The summed E-state index contributed by atoms with van der Waals surface area (Å²) in [6, 6.07) is 9.01. The average molecular weight is 313 g/mol. The van der Waals surface area contributed by atoms with Gasteiger partial charge in [-0.1, -0.05) is 35.3 Å². The summed E-state index contributed by atoms with van der Waals surface area (Å²) in [6.45, 7) is 0.155. The standard InChI is InChI=1S/C14H11Cl2FN2O/c15-9-5-4-8(10(16)6-9)7-19-14(20)13-11(17)2-1-3-12(13)18/h1-6H,7,18H2,(H,19,20). The number of benzene rings is 2. The van der Waals surface area contributed by atoms with Crippen LogP contribution in [0.2, 0.25) is 10.0 Å². The molecule has 3 nitrogen and oxygen atoms in total. The Morgan fingerprint density at radius 2 is 2.00 bits per heavy atom. The van der Waals surface area contributed by atoms with Gasteiger partial charge in [-0.05, 0) is 29.8 Å². The summed E-state index contributed by atoms with van der Waals surface area (Å²) >= 11 is 11.8. The first-order valence-electron chi connectivity index (χ1n) is 5.75. The zero-order valence-corrected chi connectivity index (χ0v) is 11.8. The maximum absolute atomic E-state index is 13.6. The van der Waals surface area contributed by atoms with Gasteiger partial charge in [0.1, 0.15) is 5.82 Å². The van der Waals surface area contributed by atoms with E-state index in [4.69, 9.17) is 28.9 Å². The first-order valence-corrected chi connectivity index (χ1v) is 6.50. The predicted octanol–water partition coefficient (Wildman–Crippen LogP) is 3.64. The number of carbonyl (C=O) groups is 1. The van der Waals surface area contributed by atoms with E-state index in [9.17, 15) is 9.18 Å². The predicted molar refractivity (Wildman–Crippen MR) is 78.4 cm³/mol. The van der Waals surface area contributed by atoms with Crippen molar-refractivity contribution in [3.8, 4) is 0 Å². The lowest BCUT2D eigenvalue weighted by molar-refractivity contribution is 0.0948. The molecule has 0 aliphatic carbocycles. The molecule has 104 valence electrons. The highest BCUT2D eigenvalue weighted by molar-refractivity contribution is 6.35. The fourth-order valence-corrected chi connectivity index (χ4v) is 2.18. The summed E-state index contributed by atoms with van der Waals surface area (Å²) in [4.78, 5) is 11.9. The van der Waals surface area contributed by atoms with Crippen LogP contribution in [-0.2, 0) is 6.54 Å². The van der Waals surface area contributed by atoms with Crippen molar-refractivity contribution in [1.82, 2.24) is 5.32 Å². The number of hydrogen-bond acceptors (Lipinski definition) is 2. The molecule has 0 radical (unpaired) electrons. The highest BCUT2D eigenvalue weighted by Gasteiger charge is 2.15. The number of rotatable bonds is 3. The van der Waals surface area contributed by atoms with Gasteiger partial charge in [-0.3, -0.25) is 4.79 Å². The van der Waals surface area contributed by atoms with Crippen LogP contribution in [0.15, 0.2) is 36.4 Å². The van der Waals surface area contributed by atoms with E-state index in [0.717, 1.165) is 0 Å². The number of nitrogen functional groups attached to an aromatic ring is 1. The highest BCUT2D eigenvalue weighted by atomic mass is 35.5. The largest absolute Gasteiger partial charge is 0.398 e. The Bertz CT molecular complexity index is 641. The van der Waals surface area contributed by atoms with Gasteiger partial charge in [-0.2, -0.15) is 0 Å². The zero-order valence-electron chi connectivity index (χ0n) is 10.3. The molecular weight excluding hydrogens is 302 g/mol. The van der Waals surface area contributed by atoms with Crippen LogP contribution < -0.4 is 11.1 Å². The molecule has 0 aromatic heterocycles. The molecule has 2 aromatic carbocycles. The average Bonchev–Trinajstić information content (AvgIpc) is 2.37. The third kappa shape index (κ3) is 3.21. The topological polar surface area (TPSA) is 55.1 Å². The van der Waals surface area contributed by atoms with E-state index in [0.29, 0.717) is 15.6 Å². The second-order valence-corrected chi connectivity index (χ2v) is 4.97. The van der Waals surface area contributed by atoms with Crippen LogP contribution in [0.5, 0.6) is 0 Å². The number of nitrogens with one attached hydrogen (secondary N) is 1. The Hall–Kier alpha value is -1.78. The quantitative estimate of drug-likeness (QED) is 0.850. The van der Waals surface area contributed by atoms with Crippen LogP contribution in [0, 0.1) is 5.82 Å². The van der Waals surface area contributed by atoms with E-state index < -0.39 is 11.7 Å². The molecule has 0 bridgehead atoms. The molecule has 0 heterocycles. The van der Waals surface area contributed by atoms with Gasteiger partial charge in [-0.15, -0.1) is 0 Å². The number of carbonyl (C=O) groups excluding carboxylic acids is 1. The van der Waals surface area contributed by atoms with Crippen molar-refractivity contribution < 1.29 is 9.18 Å². The summed E-state index contributed by atoms with van der Waals surface area (Å²) in [6.07, 6.45) is 0. The number of halogens is 3. The smallest absolute Gasteiger partial charge is 0.256 e. The van der Waals surface area contributed by atoms with E-state index in [1.165, 1.54) is 18.2 Å². The summed E-state index contributed by atoms with van der Waals surface area (Å²) < 4.78 is 13.6. The number of hydrogen-bond donors (Lipinski definition) is 2. The van der Waals surface area contributed by atoms with Crippen LogP contribution in [0.1, 0.15) is 15.9 Å². The number of anilines is 1. The second kappa shape index (κ2) is 6.11. The maximum atomic E-state index is 13.6. The summed E-state index contributed by atoms with van der Waals surface area (Å²) in [5.41, 5.74) is 6.20. The molecule has 0 saturated carbocycles.